The summed E-state index contributed by atoms with van der Waals surface area (Å²) in [7, 11) is 1.37. The van der Waals surface area contributed by atoms with Gasteiger partial charge < -0.3 is 15.8 Å². The molecule has 4 nitrogen and oxygen atoms in total. The van der Waals surface area contributed by atoms with Gasteiger partial charge in [0.2, 0.25) is 0 Å². The average molecular weight is 274 g/mol. The number of nitrogens with one attached hydrogen (secondary N) is 1. The number of hydrogen-bond acceptors (Lipinski definition) is 3. The molecule has 0 radical (unpaired) electrons. The Kier molecular flexibility index (Phi) is 4.20. The number of amides is 1. The van der Waals surface area contributed by atoms with Crippen molar-refractivity contribution < 1.29 is 13.9 Å². The van der Waals surface area contributed by atoms with E-state index in [1.54, 1.807) is 12.1 Å². The summed E-state index contributed by atoms with van der Waals surface area (Å²) in [5.74, 6) is -0.810. The number of methoxy groups -OCH3 is 1. The Morgan fingerprint density at radius 3 is 2.75 bits per heavy atom. The molecular formula is C15H15FN2O2. The van der Waals surface area contributed by atoms with Gasteiger partial charge in [-0.3, -0.25) is 4.79 Å². The lowest BCUT2D eigenvalue weighted by molar-refractivity contribution is 0.0950. The maximum absolute atomic E-state index is 13.5. The minimum Gasteiger partial charge on any atom is -0.494 e. The summed E-state index contributed by atoms with van der Waals surface area (Å²) >= 11 is 0. The van der Waals surface area contributed by atoms with Crippen LogP contribution in [0.4, 0.5) is 10.1 Å². The van der Waals surface area contributed by atoms with Gasteiger partial charge in [-0.25, -0.2) is 4.39 Å². The summed E-state index contributed by atoms with van der Waals surface area (Å²) in [6, 6.07) is 11.3. The molecule has 2 rings (SSSR count). The van der Waals surface area contributed by atoms with Crippen molar-refractivity contribution in [3.8, 4) is 5.75 Å². The fourth-order valence-electron chi connectivity index (χ4n) is 1.80. The normalized spacial score (nSPS) is 10.1. The number of carbonyl (C=O) groups excluding carboxylic acids is 1. The van der Waals surface area contributed by atoms with Crippen molar-refractivity contribution in [2.45, 2.75) is 6.54 Å². The molecule has 0 aliphatic rings. The number of benzene rings is 2. The van der Waals surface area contributed by atoms with Crippen molar-refractivity contribution in [3.63, 3.8) is 0 Å². The van der Waals surface area contributed by atoms with Crippen LogP contribution < -0.4 is 15.8 Å². The number of hydrogen-bond donors (Lipinski definition) is 2. The van der Waals surface area contributed by atoms with Gasteiger partial charge in [-0.05, 0) is 35.9 Å². The summed E-state index contributed by atoms with van der Waals surface area (Å²) in [6.45, 7) is 0.331. The molecule has 104 valence electrons. The van der Waals surface area contributed by atoms with Gasteiger partial charge in [-0.2, -0.15) is 0 Å². The van der Waals surface area contributed by atoms with Crippen LogP contribution >= 0.6 is 0 Å². The van der Waals surface area contributed by atoms with E-state index in [1.165, 1.54) is 19.2 Å². The van der Waals surface area contributed by atoms with Gasteiger partial charge in [0.15, 0.2) is 11.6 Å². The van der Waals surface area contributed by atoms with E-state index in [4.69, 9.17) is 10.5 Å². The molecule has 0 saturated heterocycles. The summed E-state index contributed by atoms with van der Waals surface area (Å²) in [4.78, 5) is 11.9. The molecule has 0 unspecified atom stereocenters. The van der Waals surface area contributed by atoms with Crippen molar-refractivity contribution in [3.05, 3.63) is 59.4 Å². The Labute approximate surface area is 116 Å². The molecule has 0 bridgehead atoms. The van der Waals surface area contributed by atoms with Crippen molar-refractivity contribution in [2.24, 2.45) is 0 Å². The molecule has 0 aliphatic heterocycles. The largest absolute Gasteiger partial charge is 0.494 e. The molecule has 5 heteroatoms. The summed E-state index contributed by atoms with van der Waals surface area (Å²) < 4.78 is 18.3. The quantitative estimate of drug-likeness (QED) is 0.841. The molecule has 0 saturated carbocycles. The number of halogens is 1. The van der Waals surface area contributed by atoms with E-state index in [1.807, 2.05) is 12.1 Å². The van der Waals surface area contributed by atoms with Crippen LogP contribution in [-0.2, 0) is 6.54 Å². The number of ether oxygens (including phenoxy) is 1. The highest BCUT2D eigenvalue weighted by Gasteiger charge is 2.09. The lowest BCUT2D eigenvalue weighted by atomic mass is 10.1. The van der Waals surface area contributed by atoms with Crippen LogP contribution in [0.25, 0.3) is 0 Å². The average Bonchev–Trinajstić information content (AvgIpc) is 2.44. The van der Waals surface area contributed by atoms with Crippen molar-refractivity contribution in [2.75, 3.05) is 12.8 Å². The number of carbonyl (C=O) groups is 1. The van der Waals surface area contributed by atoms with E-state index in [0.717, 1.165) is 11.6 Å². The highest BCUT2D eigenvalue weighted by Crippen LogP contribution is 2.17. The van der Waals surface area contributed by atoms with Gasteiger partial charge in [0.1, 0.15) is 0 Å². The van der Waals surface area contributed by atoms with Crippen LogP contribution in [0.2, 0.25) is 0 Å². The fourth-order valence-corrected chi connectivity index (χ4v) is 1.80. The van der Waals surface area contributed by atoms with E-state index in [-0.39, 0.29) is 17.2 Å². The molecule has 0 spiro atoms. The van der Waals surface area contributed by atoms with Crippen LogP contribution in [-0.4, -0.2) is 13.0 Å². The fraction of sp³-hybridized carbons (Fsp3) is 0.133. The molecule has 0 aliphatic carbocycles. The van der Waals surface area contributed by atoms with Crippen LogP contribution in [0.15, 0.2) is 42.5 Å². The molecule has 2 aromatic carbocycles. The monoisotopic (exact) mass is 274 g/mol. The second-order valence-corrected chi connectivity index (χ2v) is 4.28. The molecule has 20 heavy (non-hydrogen) atoms. The Morgan fingerprint density at radius 1 is 1.30 bits per heavy atom. The Bertz CT molecular complexity index is 629. The molecule has 0 heterocycles. The minimum atomic E-state index is -0.566. The lowest BCUT2D eigenvalue weighted by Gasteiger charge is -2.07. The maximum atomic E-state index is 13.5. The van der Waals surface area contributed by atoms with Gasteiger partial charge >= 0.3 is 0 Å². The van der Waals surface area contributed by atoms with Crippen molar-refractivity contribution >= 4 is 11.6 Å². The third-order valence-corrected chi connectivity index (χ3v) is 2.82. The number of anilines is 1. The van der Waals surface area contributed by atoms with Crippen LogP contribution in [0.3, 0.4) is 0 Å². The highest BCUT2D eigenvalue weighted by molar-refractivity contribution is 5.94. The number of nitrogens with two attached hydrogens (primary N) is 1. The van der Waals surface area contributed by atoms with E-state index < -0.39 is 5.82 Å². The number of rotatable bonds is 4. The zero-order chi connectivity index (χ0) is 14.5. The van der Waals surface area contributed by atoms with Crippen LogP contribution in [0, 0.1) is 5.82 Å². The molecule has 0 atom stereocenters. The van der Waals surface area contributed by atoms with E-state index in [0.29, 0.717) is 12.2 Å². The topological polar surface area (TPSA) is 64.3 Å². The number of nitrogen functional groups attached to an aromatic ring is 1. The van der Waals surface area contributed by atoms with Gasteiger partial charge in [-0.1, -0.05) is 12.1 Å². The van der Waals surface area contributed by atoms with E-state index in [2.05, 4.69) is 5.32 Å². The molecule has 0 aromatic heterocycles. The SMILES string of the molecule is COc1ccc(C(=O)NCc2cccc(N)c2)cc1F. The zero-order valence-corrected chi connectivity index (χ0v) is 11.0. The molecule has 1 amide bonds. The Hall–Kier alpha value is -2.56. The first-order valence-electron chi connectivity index (χ1n) is 6.06. The Balaban J connectivity index is 2.03. The standard InChI is InChI=1S/C15H15FN2O2/c1-20-14-6-5-11(8-13(14)16)15(19)18-9-10-3-2-4-12(17)7-10/h2-8H,9,17H2,1H3,(H,18,19). The third kappa shape index (κ3) is 3.26. The minimum absolute atomic E-state index is 0.109. The highest BCUT2D eigenvalue weighted by atomic mass is 19.1. The van der Waals surface area contributed by atoms with Crippen LogP contribution in [0.5, 0.6) is 5.75 Å². The smallest absolute Gasteiger partial charge is 0.251 e. The first-order chi connectivity index (χ1) is 9.60. The predicted molar refractivity (Wildman–Crippen MR) is 75.0 cm³/mol. The van der Waals surface area contributed by atoms with E-state index in [9.17, 15) is 9.18 Å². The first kappa shape index (κ1) is 13.9. The molecule has 2 aromatic rings. The van der Waals surface area contributed by atoms with Crippen LogP contribution in [0.1, 0.15) is 15.9 Å². The van der Waals surface area contributed by atoms with Crippen molar-refractivity contribution in [1.29, 1.82) is 0 Å². The molecule has 0 fully saturated rings. The lowest BCUT2D eigenvalue weighted by Crippen LogP contribution is -2.22. The first-order valence-corrected chi connectivity index (χ1v) is 6.06. The Morgan fingerprint density at radius 2 is 2.10 bits per heavy atom. The second kappa shape index (κ2) is 6.06. The van der Waals surface area contributed by atoms with Gasteiger partial charge in [-0.15, -0.1) is 0 Å². The molecule has 3 N–H and O–H groups in total. The molecular weight excluding hydrogens is 259 g/mol. The zero-order valence-electron chi connectivity index (χ0n) is 11.0. The third-order valence-electron chi connectivity index (χ3n) is 2.82. The summed E-state index contributed by atoms with van der Waals surface area (Å²) in [6.07, 6.45) is 0. The summed E-state index contributed by atoms with van der Waals surface area (Å²) in [5.41, 5.74) is 7.41. The predicted octanol–water partition coefficient (Wildman–Crippen LogP) is 2.35. The van der Waals surface area contributed by atoms with Gasteiger partial charge in [0.05, 0.1) is 7.11 Å². The van der Waals surface area contributed by atoms with E-state index >= 15 is 0 Å². The van der Waals surface area contributed by atoms with Crippen molar-refractivity contribution in [1.82, 2.24) is 5.32 Å². The summed E-state index contributed by atoms with van der Waals surface area (Å²) in [5, 5.41) is 2.71. The second-order valence-electron chi connectivity index (χ2n) is 4.28. The van der Waals surface area contributed by atoms with Gasteiger partial charge in [0.25, 0.3) is 5.91 Å². The van der Waals surface area contributed by atoms with Gasteiger partial charge in [0, 0.05) is 17.8 Å². The maximum Gasteiger partial charge on any atom is 0.251 e.